The van der Waals surface area contributed by atoms with Crippen molar-refractivity contribution in [2.24, 2.45) is 0 Å². The van der Waals surface area contributed by atoms with Gasteiger partial charge in [-0.1, -0.05) is 12.1 Å². The van der Waals surface area contributed by atoms with E-state index < -0.39 is 0 Å². The first-order valence-corrected chi connectivity index (χ1v) is 6.81. The number of benzene rings is 1. The number of hydrogen-bond acceptors (Lipinski definition) is 3. The molecule has 1 aliphatic rings. The van der Waals surface area contributed by atoms with Crippen molar-refractivity contribution in [3.63, 3.8) is 0 Å². The summed E-state index contributed by atoms with van der Waals surface area (Å²) in [5, 5.41) is 6.31. The van der Waals surface area contributed by atoms with Gasteiger partial charge in [0, 0.05) is 12.2 Å². The summed E-state index contributed by atoms with van der Waals surface area (Å²) in [7, 11) is 0. The molecule has 1 aliphatic heterocycles. The highest BCUT2D eigenvalue weighted by Gasteiger charge is 2.13. The fourth-order valence-corrected chi connectivity index (χ4v) is 2.30. The molecule has 1 aromatic rings. The van der Waals surface area contributed by atoms with E-state index in [2.05, 4.69) is 16.7 Å². The number of carbonyl (C=O) groups is 1. The minimum absolute atomic E-state index is 0.0828. The molecule has 0 saturated carbocycles. The van der Waals surface area contributed by atoms with Crippen LogP contribution in [-0.2, 0) is 17.8 Å². The van der Waals surface area contributed by atoms with Crippen LogP contribution >= 0.6 is 11.8 Å². The molecule has 2 rings (SSSR count). The van der Waals surface area contributed by atoms with Crippen molar-refractivity contribution in [1.29, 1.82) is 0 Å². The summed E-state index contributed by atoms with van der Waals surface area (Å²) in [5.74, 6) is 0.599. The van der Waals surface area contributed by atoms with Crippen molar-refractivity contribution < 1.29 is 4.79 Å². The van der Waals surface area contributed by atoms with Crippen LogP contribution in [0.5, 0.6) is 0 Å². The van der Waals surface area contributed by atoms with Gasteiger partial charge in [0.2, 0.25) is 5.91 Å². The minimum Gasteiger partial charge on any atom is -0.325 e. The minimum atomic E-state index is 0.0828. The molecule has 0 aromatic heterocycles. The van der Waals surface area contributed by atoms with Gasteiger partial charge in [-0.15, -0.1) is 0 Å². The maximum atomic E-state index is 11.6. The van der Waals surface area contributed by atoms with Crippen LogP contribution in [0.1, 0.15) is 11.1 Å². The molecule has 4 heteroatoms. The van der Waals surface area contributed by atoms with Gasteiger partial charge in [-0.3, -0.25) is 4.79 Å². The first-order valence-electron chi connectivity index (χ1n) is 5.41. The quantitative estimate of drug-likeness (QED) is 0.838. The van der Waals surface area contributed by atoms with E-state index in [1.165, 1.54) is 11.1 Å². The molecular formula is C12H16N2OS. The third-order valence-corrected chi connectivity index (χ3v) is 3.24. The highest BCUT2D eigenvalue weighted by molar-refractivity contribution is 7.99. The number of hydrogen-bond donors (Lipinski definition) is 2. The van der Waals surface area contributed by atoms with Crippen LogP contribution in [0.2, 0.25) is 0 Å². The average molecular weight is 236 g/mol. The standard InChI is InChI=1S/C12H16N2OS/c1-16-8-12(15)14-11-4-2-3-9-7-13-6-5-10(9)11/h2-4,13H,5-8H2,1H3,(H,14,15). The van der Waals surface area contributed by atoms with Gasteiger partial charge in [-0.05, 0) is 36.4 Å². The SMILES string of the molecule is CSCC(=O)Nc1cccc2c1CCNC2. The van der Waals surface area contributed by atoms with E-state index in [1.54, 1.807) is 11.8 Å². The highest BCUT2D eigenvalue weighted by atomic mass is 32.2. The molecule has 0 aliphatic carbocycles. The lowest BCUT2D eigenvalue weighted by molar-refractivity contribution is -0.113. The molecule has 1 aromatic carbocycles. The van der Waals surface area contributed by atoms with E-state index in [9.17, 15) is 4.79 Å². The zero-order valence-corrected chi connectivity index (χ0v) is 10.2. The molecular weight excluding hydrogens is 220 g/mol. The Hall–Kier alpha value is -1.00. The van der Waals surface area contributed by atoms with E-state index in [1.807, 2.05) is 18.4 Å². The number of amides is 1. The molecule has 1 heterocycles. The molecule has 2 N–H and O–H groups in total. The fourth-order valence-electron chi connectivity index (χ4n) is 1.97. The van der Waals surface area contributed by atoms with Gasteiger partial charge in [0.15, 0.2) is 0 Å². The second-order valence-corrected chi connectivity index (χ2v) is 4.72. The van der Waals surface area contributed by atoms with Gasteiger partial charge in [0.1, 0.15) is 0 Å². The summed E-state index contributed by atoms with van der Waals surface area (Å²) in [5.41, 5.74) is 3.57. The zero-order chi connectivity index (χ0) is 11.4. The number of carbonyl (C=O) groups excluding carboxylic acids is 1. The molecule has 3 nitrogen and oxygen atoms in total. The predicted octanol–water partition coefficient (Wildman–Crippen LogP) is 1.63. The summed E-state index contributed by atoms with van der Waals surface area (Å²) < 4.78 is 0. The van der Waals surface area contributed by atoms with Crippen LogP contribution in [0.3, 0.4) is 0 Å². The summed E-state index contributed by atoms with van der Waals surface area (Å²) in [6.45, 7) is 1.89. The molecule has 0 bridgehead atoms. The second kappa shape index (κ2) is 5.37. The third-order valence-electron chi connectivity index (χ3n) is 2.69. The maximum Gasteiger partial charge on any atom is 0.234 e. The Kier molecular flexibility index (Phi) is 3.85. The van der Waals surface area contributed by atoms with Gasteiger partial charge in [0.25, 0.3) is 0 Å². The molecule has 0 spiro atoms. The summed E-state index contributed by atoms with van der Waals surface area (Å²) in [4.78, 5) is 11.6. The van der Waals surface area contributed by atoms with Crippen molar-refractivity contribution >= 4 is 23.4 Å². The number of fused-ring (bicyclic) bond motifs is 1. The second-order valence-electron chi connectivity index (χ2n) is 3.85. The van der Waals surface area contributed by atoms with Crippen molar-refractivity contribution in [1.82, 2.24) is 5.32 Å². The van der Waals surface area contributed by atoms with Crippen LogP contribution < -0.4 is 10.6 Å². The van der Waals surface area contributed by atoms with Crippen LogP contribution in [0, 0.1) is 0 Å². The predicted molar refractivity (Wildman–Crippen MR) is 68.9 cm³/mol. The van der Waals surface area contributed by atoms with Gasteiger partial charge < -0.3 is 10.6 Å². The van der Waals surface area contributed by atoms with E-state index in [4.69, 9.17) is 0 Å². The Balaban J connectivity index is 2.17. The van der Waals surface area contributed by atoms with Gasteiger partial charge in [-0.2, -0.15) is 11.8 Å². The lowest BCUT2D eigenvalue weighted by Gasteiger charge is -2.20. The van der Waals surface area contributed by atoms with Crippen molar-refractivity contribution in [3.05, 3.63) is 29.3 Å². The topological polar surface area (TPSA) is 41.1 Å². The van der Waals surface area contributed by atoms with E-state index in [0.29, 0.717) is 5.75 Å². The lowest BCUT2D eigenvalue weighted by atomic mass is 9.99. The molecule has 0 radical (unpaired) electrons. The Morgan fingerprint density at radius 1 is 1.56 bits per heavy atom. The van der Waals surface area contributed by atoms with Crippen LogP contribution in [-0.4, -0.2) is 24.5 Å². The largest absolute Gasteiger partial charge is 0.325 e. The normalized spacial score (nSPS) is 14.3. The van der Waals surface area contributed by atoms with Crippen molar-refractivity contribution in [3.8, 4) is 0 Å². The van der Waals surface area contributed by atoms with Gasteiger partial charge in [0.05, 0.1) is 5.75 Å². The monoisotopic (exact) mass is 236 g/mol. The Morgan fingerprint density at radius 2 is 2.44 bits per heavy atom. The lowest BCUT2D eigenvalue weighted by Crippen LogP contribution is -2.25. The van der Waals surface area contributed by atoms with E-state index in [-0.39, 0.29) is 5.91 Å². The summed E-state index contributed by atoms with van der Waals surface area (Å²) in [6.07, 6.45) is 2.93. The Bertz CT molecular complexity index is 393. The van der Waals surface area contributed by atoms with Crippen molar-refractivity contribution in [2.45, 2.75) is 13.0 Å². The highest BCUT2D eigenvalue weighted by Crippen LogP contribution is 2.23. The molecule has 0 saturated heterocycles. The molecule has 1 amide bonds. The van der Waals surface area contributed by atoms with E-state index >= 15 is 0 Å². The van der Waals surface area contributed by atoms with Gasteiger partial charge in [-0.25, -0.2) is 0 Å². The zero-order valence-electron chi connectivity index (χ0n) is 9.38. The number of thioether (sulfide) groups is 1. The molecule has 0 fully saturated rings. The Labute approximate surface area is 100.0 Å². The smallest absolute Gasteiger partial charge is 0.234 e. The Morgan fingerprint density at radius 3 is 3.25 bits per heavy atom. The molecule has 0 atom stereocenters. The average Bonchev–Trinajstić information content (AvgIpc) is 2.30. The molecule has 86 valence electrons. The first-order chi connectivity index (χ1) is 7.81. The van der Waals surface area contributed by atoms with Crippen molar-refractivity contribution in [2.75, 3.05) is 23.9 Å². The third kappa shape index (κ3) is 2.57. The van der Waals surface area contributed by atoms with Crippen LogP contribution in [0.4, 0.5) is 5.69 Å². The number of rotatable bonds is 3. The van der Waals surface area contributed by atoms with Crippen LogP contribution in [0.25, 0.3) is 0 Å². The molecule has 16 heavy (non-hydrogen) atoms. The van der Waals surface area contributed by atoms with Crippen LogP contribution in [0.15, 0.2) is 18.2 Å². The first kappa shape index (κ1) is 11.5. The molecule has 0 unspecified atom stereocenters. The van der Waals surface area contributed by atoms with E-state index in [0.717, 1.165) is 25.2 Å². The number of anilines is 1. The number of nitrogens with one attached hydrogen (secondary N) is 2. The van der Waals surface area contributed by atoms with Gasteiger partial charge >= 0.3 is 0 Å². The maximum absolute atomic E-state index is 11.6. The summed E-state index contributed by atoms with van der Waals surface area (Å²) in [6, 6.07) is 6.11. The fraction of sp³-hybridized carbons (Fsp3) is 0.417. The summed E-state index contributed by atoms with van der Waals surface area (Å²) >= 11 is 1.54.